The Bertz CT molecular complexity index is 1900. The number of benzene rings is 2. The van der Waals surface area contributed by atoms with E-state index in [0.717, 1.165) is 40.0 Å². The molecule has 3 aliphatic rings. The summed E-state index contributed by atoms with van der Waals surface area (Å²) >= 11 is 0. The van der Waals surface area contributed by atoms with Crippen molar-refractivity contribution >= 4 is 46.4 Å². The summed E-state index contributed by atoms with van der Waals surface area (Å²) in [6.45, 7) is 2.24. The number of amides is 6. The Balaban J connectivity index is 0.848. The molecule has 2 aromatic carbocycles. The summed E-state index contributed by atoms with van der Waals surface area (Å²) in [5.41, 5.74) is 4.47. The van der Waals surface area contributed by atoms with E-state index in [0.29, 0.717) is 38.3 Å². The van der Waals surface area contributed by atoms with Gasteiger partial charge in [0, 0.05) is 50.0 Å². The second-order valence-electron chi connectivity index (χ2n) is 11.9. The second kappa shape index (κ2) is 12.6. The van der Waals surface area contributed by atoms with Gasteiger partial charge in [-0.1, -0.05) is 12.1 Å². The van der Waals surface area contributed by atoms with Crippen molar-refractivity contribution in [2.45, 2.75) is 44.2 Å². The third-order valence-electron chi connectivity index (χ3n) is 8.87. The van der Waals surface area contributed by atoms with Crippen molar-refractivity contribution < 1.29 is 24.0 Å². The van der Waals surface area contributed by atoms with Gasteiger partial charge in [0.1, 0.15) is 6.04 Å². The largest absolute Gasteiger partial charge is 0.385 e. The van der Waals surface area contributed by atoms with Crippen molar-refractivity contribution in [2.24, 2.45) is 0 Å². The summed E-state index contributed by atoms with van der Waals surface area (Å²) in [6, 6.07) is 11.7. The van der Waals surface area contributed by atoms with Gasteiger partial charge in [-0.3, -0.25) is 39.1 Å². The van der Waals surface area contributed by atoms with Crippen LogP contribution >= 0.6 is 0 Å². The predicted octanol–water partition coefficient (Wildman–Crippen LogP) is 2.74. The fourth-order valence-electron chi connectivity index (χ4n) is 6.31. The maximum Gasteiger partial charge on any atom is 0.317 e. The SMILES string of the molecule is O=C1CCC(N2C(=O)c3ccc(NCCCNC(=O)N4CCC(n5cc(-c6cnc7ccccc7n6)cn5)CC4)cc3C2=O)C(=O)N1. The molecule has 0 aliphatic carbocycles. The number of fused-ring (bicyclic) bond motifs is 2. The van der Waals surface area contributed by atoms with E-state index in [1.807, 2.05) is 46.2 Å². The molecular weight excluding hydrogens is 602 g/mol. The zero-order chi connectivity index (χ0) is 32.5. The molecule has 0 spiro atoms. The third-order valence-corrected chi connectivity index (χ3v) is 8.87. The summed E-state index contributed by atoms with van der Waals surface area (Å²) in [6.07, 6.45) is 7.97. The summed E-state index contributed by atoms with van der Waals surface area (Å²) in [7, 11) is 0. The number of nitrogens with one attached hydrogen (secondary N) is 3. The van der Waals surface area contributed by atoms with Gasteiger partial charge in [-0.15, -0.1) is 0 Å². The van der Waals surface area contributed by atoms with E-state index in [4.69, 9.17) is 4.98 Å². The van der Waals surface area contributed by atoms with Gasteiger partial charge in [0.25, 0.3) is 11.8 Å². The van der Waals surface area contributed by atoms with Crippen molar-refractivity contribution in [2.75, 3.05) is 31.5 Å². The van der Waals surface area contributed by atoms with Crippen LogP contribution in [0.2, 0.25) is 0 Å². The van der Waals surface area contributed by atoms with Crippen LogP contribution < -0.4 is 16.0 Å². The molecule has 47 heavy (non-hydrogen) atoms. The fourth-order valence-corrected chi connectivity index (χ4v) is 6.31. The molecule has 2 aromatic heterocycles. The number of likely N-dealkylation sites (tertiary alicyclic amines) is 1. The summed E-state index contributed by atoms with van der Waals surface area (Å²) in [5.74, 6) is -2.14. The number of piperidine rings is 2. The minimum absolute atomic E-state index is 0.0706. The van der Waals surface area contributed by atoms with Crippen LogP contribution in [0.15, 0.2) is 61.1 Å². The topological polar surface area (TPSA) is 172 Å². The van der Waals surface area contributed by atoms with Gasteiger partial charge in [0.15, 0.2) is 0 Å². The first-order chi connectivity index (χ1) is 22.9. The fraction of sp³-hybridized carbons (Fsp3) is 0.333. The van der Waals surface area contributed by atoms with Gasteiger partial charge in [0.2, 0.25) is 11.8 Å². The quantitative estimate of drug-likeness (QED) is 0.195. The number of hydrogen-bond acceptors (Lipinski definition) is 9. The lowest BCUT2D eigenvalue weighted by atomic mass is 10.0. The Kier molecular flexibility index (Phi) is 8.06. The highest BCUT2D eigenvalue weighted by Gasteiger charge is 2.44. The number of aromatic nitrogens is 4. The molecule has 2 fully saturated rings. The maximum absolute atomic E-state index is 13.0. The average Bonchev–Trinajstić information content (AvgIpc) is 3.67. The number of carbonyl (C=O) groups excluding carboxylic acids is 5. The van der Waals surface area contributed by atoms with Crippen molar-refractivity contribution in [1.29, 1.82) is 0 Å². The van der Waals surface area contributed by atoms with Gasteiger partial charge < -0.3 is 15.5 Å². The monoisotopic (exact) mass is 635 g/mol. The van der Waals surface area contributed by atoms with Crippen molar-refractivity contribution in [3.8, 4) is 11.3 Å². The highest BCUT2D eigenvalue weighted by molar-refractivity contribution is 6.23. The summed E-state index contributed by atoms with van der Waals surface area (Å²) in [4.78, 5) is 74.5. The van der Waals surface area contributed by atoms with Crippen LogP contribution in [-0.2, 0) is 9.59 Å². The molecule has 5 heterocycles. The first-order valence-corrected chi connectivity index (χ1v) is 15.7. The number of para-hydroxylation sites is 2. The molecule has 0 bridgehead atoms. The minimum Gasteiger partial charge on any atom is -0.385 e. The maximum atomic E-state index is 13.0. The van der Waals surface area contributed by atoms with E-state index in [9.17, 15) is 24.0 Å². The Morgan fingerprint density at radius 1 is 0.915 bits per heavy atom. The normalized spacial score (nSPS) is 18.4. The van der Waals surface area contributed by atoms with Crippen molar-refractivity contribution in [1.82, 2.24) is 40.2 Å². The lowest BCUT2D eigenvalue weighted by molar-refractivity contribution is -0.136. The van der Waals surface area contributed by atoms with E-state index >= 15 is 0 Å². The molecule has 4 aromatic rings. The molecule has 0 saturated carbocycles. The first kappa shape index (κ1) is 30.0. The van der Waals surface area contributed by atoms with Gasteiger partial charge in [-0.25, -0.2) is 9.78 Å². The van der Waals surface area contributed by atoms with Gasteiger partial charge >= 0.3 is 6.03 Å². The van der Waals surface area contributed by atoms with Gasteiger partial charge in [-0.2, -0.15) is 5.10 Å². The first-order valence-electron chi connectivity index (χ1n) is 15.7. The molecule has 3 aliphatic heterocycles. The van der Waals surface area contributed by atoms with Crippen LogP contribution in [0, 0.1) is 0 Å². The highest BCUT2D eigenvalue weighted by Crippen LogP contribution is 2.30. The van der Waals surface area contributed by atoms with E-state index < -0.39 is 29.7 Å². The van der Waals surface area contributed by atoms with Crippen LogP contribution in [0.25, 0.3) is 22.3 Å². The lowest BCUT2D eigenvalue weighted by Gasteiger charge is -2.32. The van der Waals surface area contributed by atoms with Crippen LogP contribution in [0.4, 0.5) is 10.5 Å². The Hall–Kier alpha value is -5.66. The standard InChI is InChI=1S/C33H33N9O5/c43-29-9-8-28(30(44)39-29)42-31(45)23-7-6-21(16-24(23)32(42)46)34-12-3-13-35-33(47)40-14-10-22(11-15-40)41-19-20(17-37-41)27-18-36-25-4-1-2-5-26(25)38-27/h1-2,4-7,16-19,22,28,34H,3,8-15H2,(H,35,47)(H,39,43,44). The Labute approximate surface area is 269 Å². The molecule has 7 rings (SSSR count). The Morgan fingerprint density at radius 3 is 2.51 bits per heavy atom. The van der Waals surface area contributed by atoms with E-state index in [-0.39, 0.29) is 36.0 Å². The number of rotatable bonds is 8. The smallest absolute Gasteiger partial charge is 0.317 e. The molecule has 14 nitrogen and oxygen atoms in total. The van der Waals surface area contributed by atoms with Gasteiger partial charge in [0.05, 0.1) is 46.3 Å². The van der Waals surface area contributed by atoms with Crippen molar-refractivity contribution in [3.63, 3.8) is 0 Å². The number of urea groups is 1. The third kappa shape index (κ3) is 6.01. The zero-order valence-electron chi connectivity index (χ0n) is 25.5. The predicted molar refractivity (Wildman–Crippen MR) is 170 cm³/mol. The molecule has 3 N–H and O–H groups in total. The molecule has 2 saturated heterocycles. The second-order valence-corrected chi connectivity index (χ2v) is 11.9. The van der Waals surface area contributed by atoms with Crippen LogP contribution in [0.3, 0.4) is 0 Å². The lowest BCUT2D eigenvalue weighted by Crippen LogP contribution is -2.54. The number of hydrogen-bond donors (Lipinski definition) is 3. The van der Waals surface area contributed by atoms with Crippen LogP contribution in [0.5, 0.6) is 0 Å². The van der Waals surface area contributed by atoms with Crippen LogP contribution in [0.1, 0.15) is 58.9 Å². The van der Waals surface area contributed by atoms with E-state index in [1.165, 1.54) is 0 Å². The zero-order valence-corrected chi connectivity index (χ0v) is 25.5. The van der Waals surface area contributed by atoms with E-state index in [2.05, 4.69) is 26.0 Å². The van der Waals surface area contributed by atoms with E-state index in [1.54, 1.807) is 24.4 Å². The van der Waals surface area contributed by atoms with Gasteiger partial charge in [-0.05, 0) is 56.0 Å². The average molecular weight is 636 g/mol. The van der Waals surface area contributed by atoms with Crippen LogP contribution in [-0.4, -0.2) is 91.4 Å². The van der Waals surface area contributed by atoms with Crippen molar-refractivity contribution in [3.05, 3.63) is 72.2 Å². The number of imide groups is 2. The number of carbonyl (C=O) groups is 5. The number of nitrogens with zero attached hydrogens (tertiary/aromatic N) is 6. The molecule has 14 heteroatoms. The highest BCUT2D eigenvalue weighted by atomic mass is 16.2. The molecule has 0 radical (unpaired) electrons. The minimum atomic E-state index is -0.999. The molecular formula is C33H33N9O5. The Morgan fingerprint density at radius 2 is 1.70 bits per heavy atom. The molecule has 240 valence electrons. The molecule has 1 atom stereocenters. The molecule has 1 unspecified atom stereocenters. The number of anilines is 1. The molecule has 6 amide bonds. The summed E-state index contributed by atoms with van der Waals surface area (Å²) in [5, 5.41) is 13.0. The summed E-state index contributed by atoms with van der Waals surface area (Å²) < 4.78 is 1.96.